The molecule has 0 saturated carbocycles. The summed E-state index contributed by atoms with van der Waals surface area (Å²) in [7, 11) is 0. The van der Waals surface area contributed by atoms with Gasteiger partial charge in [-0.1, -0.05) is 36.4 Å². The van der Waals surface area contributed by atoms with E-state index in [1.165, 1.54) is 0 Å². The predicted octanol–water partition coefficient (Wildman–Crippen LogP) is 4.78. The number of rotatable bonds is 3. The van der Waals surface area contributed by atoms with Gasteiger partial charge in [0.25, 0.3) is 0 Å². The highest BCUT2D eigenvalue weighted by Gasteiger charge is 2.19. The maximum absolute atomic E-state index is 6.21. The Kier molecular flexibility index (Phi) is 3.40. The molecule has 0 aliphatic carbocycles. The molecule has 6 nitrogen and oxygen atoms in total. The molecule has 3 heterocycles. The van der Waals surface area contributed by atoms with Crippen LogP contribution in [-0.2, 0) is 0 Å². The molecule has 5 aromatic rings. The molecule has 1 unspecified atom stereocenters. The normalized spacial score (nSPS) is 12.9. The van der Waals surface area contributed by atoms with Crippen molar-refractivity contribution in [3.8, 4) is 5.75 Å². The average Bonchev–Trinajstić information content (AvgIpc) is 3.23. The minimum atomic E-state index is -0.306. The Morgan fingerprint density at radius 3 is 2.78 bits per heavy atom. The molecule has 134 valence electrons. The van der Waals surface area contributed by atoms with Crippen molar-refractivity contribution >= 4 is 27.5 Å². The van der Waals surface area contributed by atoms with Crippen molar-refractivity contribution in [1.29, 1.82) is 0 Å². The molecule has 0 aliphatic heterocycles. The van der Waals surface area contributed by atoms with Crippen LogP contribution in [0.15, 0.2) is 53.2 Å². The van der Waals surface area contributed by atoms with E-state index in [1.807, 2.05) is 45.0 Å². The first kappa shape index (κ1) is 15.8. The van der Waals surface area contributed by atoms with Gasteiger partial charge in [0.05, 0.1) is 5.39 Å². The molecule has 0 fully saturated rings. The smallest absolute Gasteiger partial charge is 0.231 e. The third kappa shape index (κ3) is 2.44. The van der Waals surface area contributed by atoms with E-state index >= 15 is 0 Å². The van der Waals surface area contributed by atoms with Crippen molar-refractivity contribution in [2.24, 2.45) is 0 Å². The Morgan fingerprint density at radius 2 is 1.89 bits per heavy atom. The minimum Gasteiger partial charge on any atom is -0.482 e. The van der Waals surface area contributed by atoms with E-state index in [9.17, 15) is 0 Å². The van der Waals surface area contributed by atoms with Gasteiger partial charge in [0, 0.05) is 10.9 Å². The third-order valence-corrected chi connectivity index (χ3v) is 4.94. The van der Waals surface area contributed by atoms with Crippen LogP contribution in [0.5, 0.6) is 5.75 Å². The maximum Gasteiger partial charge on any atom is 0.231 e. The Hall–Kier alpha value is -3.41. The lowest BCUT2D eigenvalue weighted by Crippen LogP contribution is -2.05. The second-order valence-corrected chi connectivity index (χ2v) is 6.68. The van der Waals surface area contributed by atoms with Crippen LogP contribution in [0.4, 0.5) is 0 Å². The molecule has 2 aromatic carbocycles. The topological polar surface area (TPSA) is 65.5 Å². The van der Waals surface area contributed by atoms with Crippen LogP contribution in [0.1, 0.15) is 30.2 Å². The van der Waals surface area contributed by atoms with E-state index in [2.05, 4.69) is 28.3 Å². The molecule has 6 heteroatoms. The van der Waals surface area contributed by atoms with Crippen LogP contribution in [0.25, 0.3) is 27.5 Å². The second-order valence-electron chi connectivity index (χ2n) is 6.68. The van der Waals surface area contributed by atoms with Gasteiger partial charge in [-0.25, -0.2) is 14.5 Å². The summed E-state index contributed by atoms with van der Waals surface area (Å²) in [6.07, 6.45) is 1.32. The van der Waals surface area contributed by atoms with Crippen LogP contribution >= 0.6 is 0 Å². The van der Waals surface area contributed by atoms with Gasteiger partial charge >= 0.3 is 0 Å². The molecular formula is C21H18N4O2. The molecule has 27 heavy (non-hydrogen) atoms. The zero-order chi connectivity index (χ0) is 18.5. The number of benzene rings is 2. The van der Waals surface area contributed by atoms with Crippen LogP contribution in [0, 0.1) is 13.8 Å². The fourth-order valence-corrected chi connectivity index (χ4v) is 3.38. The Balaban J connectivity index is 1.57. The van der Waals surface area contributed by atoms with Crippen LogP contribution in [0.3, 0.4) is 0 Å². The van der Waals surface area contributed by atoms with Crippen molar-refractivity contribution in [1.82, 2.24) is 19.6 Å². The minimum absolute atomic E-state index is 0.306. The van der Waals surface area contributed by atoms with E-state index in [-0.39, 0.29) is 6.10 Å². The van der Waals surface area contributed by atoms with Crippen molar-refractivity contribution in [3.63, 3.8) is 0 Å². The first-order chi connectivity index (χ1) is 13.1. The largest absolute Gasteiger partial charge is 0.482 e. The fraction of sp³-hybridized carbons (Fsp3) is 0.190. The monoisotopic (exact) mass is 358 g/mol. The number of nitrogens with zero attached hydrogens (tertiary/aromatic N) is 4. The quantitative estimate of drug-likeness (QED) is 0.464. The summed E-state index contributed by atoms with van der Waals surface area (Å²) in [5, 5.41) is 7.67. The number of aryl methyl sites for hydroxylation is 2. The van der Waals surface area contributed by atoms with Crippen molar-refractivity contribution in [2.75, 3.05) is 0 Å². The van der Waals surface area contributed by atoms with Crippen molar-refractivity contribution in [3.05, 3.63) is 65.9 Å². The number of hydrogen-bond donors (Lipinski definition) is 0. The highest BCUT2D eigenvalue weighted by atomic mass is 16.5. The highest BCUT2D eigenvalue weighted by Crippen LogP contribution is 2.30. The standard InChI is InChI=1S/C21H18N4O2/c1-12-13(2)27-21-18(12)20-23-19(24-25(20)11-22-21)14(3)26-17-10-6-8-15-7-4-5-9-16(15)17/h4-11,14H,1-3H3. The second kappa shape index (κ2) is 5.81. The number of furan rings is 1. The molecule has 5 rings (SSSR count). The lowest BCUT2D eigenvalue weighted by atomic mass is 10.1. The van der Waals surface area contributed by atoms with Gasteiger partial charge in [-0.15, -0.1) is 5.10 Å². The number of aromatic nitrogens is 4. The zero-order valence-corrected chi connectivity index (χ0v) is 15.3. The van der Waals surface area contributed by atoms with E-state index in [4.69, 9.17) is 14.1 Å². The van der Waals surface area contributed by atoms with Crippen LogP contribution < -0.4 is 4.74 Å². The molecule has 0 N–H and O–H groups in total. The SMILES string of the molecule is Cc1oc2ncn3nc(C(C)Oc4cccc5ccccc45)nc3c2c1C. The van der Waals surface area contributed by atoms with Gasteiger partial charge in [0.1, 0.15) is 17.8 Å². The molecule has 0 bridgehead atoms. The molecule has 0 amide bonds. The van der Waals surface area contributed by atoms with Gasteiger partial charge < -0.3 is 9.15 Å². The molecule has 0 aliphatic rings. The summed E-state index contributed by atoms with van der Waals surface area (Å²) in [4.78, 5) is 9.06. The summed E-state index contributed by atoms with van der Waals surface area (Å²) >= 11 is 0. The first-order valence-electron chi connectivity index (χ1n) is 8.87. The summed E-state index contributed by atoms with van der Waals surface area (Å²) < 4.78 is 13.6. The molecule has 0 spiro atoms. The van der Waals surface area contributed by atoms with E-state index in [1.54, 1.807) is 10.8 Å². The van der Waals surface area contributed by atoms with Crippen molar-refractivity contribution in [2.45, 2.75) is 26.9 Å². The van der Waals surface area contributed by atoms with Crippen molar-refractivity contribution < 1.29 is 9.15 Å². The van der Waals surface area contributed by atoms with Crippen LogP contribution in [0.2, 0.25) is 0 Å². The summed E-state index contributed by atoms with van der Waals surface area (Å²) in [6, 6.07) is 14.2. The summed E-state index contributed by atoms with van der Waals surface area (Å²) in [5.74, 6) is 2.27. The number of ether oxygens (including phenoxy) is 1. The lowest BCUT2D eigenvalue weighted by molar-refractivity contribution is 0.219. The molecule has 3 aromatic heterocycles. The first-order valence-corrected chi connectivity index (χ1v) is 8.87. The van der Waals surface area contributed by atoms with E-state index in [0.29, 0.717) is 11.5 Å². The zero-order valence-electron chi connectivity index (χ0n) is 15.3. The van der Waals surface area contributed by atoms with E-state index < -0.39 is 0 Å². The van der Waals surface area contributed by atoms with E-state index in [0.717, 1.165) is 38.9 Å². The Labute approximate surface area is 155 Å². The lowest BCUT2D eigenvalue weighted by Gasteiger charge is -2.13. The highest BCUT2D eigenvalue weighted by molar-refractivity contribution is 5.91. The molecule has 0 radical (unpaired) electrons. The molecule has 0 saturated heterocycles. The van der Waals surface area contributed by atoms with Gasteiger partial charge in [-0.2, -0.15) is 0 Å². The number of hydrogen-bond acceptors (Lipinski definition) is 5. The number of fused-ring (bicyclic) bond motifs is 4. The Morgan fingerprint density at radius 1 is 1.07 bits per heavy atom. The average molecular weight is 358 g/mol. The fourth-order valence-electron chi connectivity index (χ4n) is 3.38. The third-order valence-electron chi connectivity index (χ3n) is 4.94. The maximum atomic E-state index is 6.21. The van der Waals surface area contributed by atoms with Gasteiger partial charge in [0.15, 0.2) is 17.6 Å². The predicted molar refractivity (Wildman–Crippen MR) is 103 cm³/mol. The molecular weight excluding hydrogens is 340 g/mol. The summed E-state index contributed by atoms with van der Waals surface area (Å²) in [5.41, 5.74) is 2.35. The Bertz CT molecular complexity index is 1300. The molecule has 1 atom stereocenters. The van der Waals surface area contributed by atoms with Crippen LogP contribution in [-0.4, -0.2) is 19.6 Å². The summed E-state index contributed by atoms with van der Waals surface area (Å²) in [6.45, 7) is 5.89. The van der Waals surface area contributed by atoms with Gasteiger partial charge in [0.2, 0.25) is 5.71 Å². The van der Waals surface area contributed by atoms with Gasteiger partial charge in [-0.3, -0.25) is 0 Å². The van der Waals surface area contributed by atoms with Gasteiger partial charge in [-0.05, 0) is 32.2 Å².